The van der Waals surface area contributed by atoms with Crippen LogP contribution < -0.4 is 14.4 Å². The lowest BCUT2D eigenvalue weighted by Crippen LogP contribution is -2.42. The lowest BCUT2D eigenvalue weighted by atomic mass is 9.98. The number of hydrogen-bond acceptors (Lipinski definition) is 8. The molecule has 214 valence electrons. The monoisotopic (exact) mass is 564 g/mol. The van der Waals surface area contributed by atoms with Crippen molar-refractivity contribution in [2.75, 3.05) is 37.8 Å². The number of halogens is 1. The summed E-state index contributed by atoms with van der Waals surface area (Å²) in [5, 5.41) is 0. The van der Waals surface area contributed by atoms with Gasteiger partial charge in [-0.1, -0.05) is 6.07 Å². The quantitative estimate of drug-likeness (QED) is 0.283. The van der Waals surface area contributed by atoms with Crippen molar-refractivity contribution in [1.82, 2.24) is 4.90 Å². The van der Waals surface area contributed by atoms with Crippen molar-refractivity contribution in [1.29, 1.82) is 0 Å². The molecule has 0 radical (unpaired) electrons. The van der Waals surface area contributed by atoms with E-state index in [2.05, 4.69) is 0 Å². The largest absolute Gasteiger partial charge is 0.485 e. The first kappa shape index (κ1) is 27.9. The second-order valence-electron chi connectivity index (χ2n) is 9.73. The topological polar surface area (TPSA) is 116 Å². The number of fused-ring (bicyclic) bond motifs is 1. The number of anilines is 1. The van der Waals surface area contributed by atoms with Crippen LogP contribution in [0.1, 0.15) is 46.4 Å². The van der Waals surface area contributed by atoms with Crippen molar-refractivity contribution >= 4 is 29.3 Å². The van der Waals surface area contributed by atoms with Gasteiger partial charge in [-0.25, -0.2) is 4.39 Å². The molecule has 10 nitrogen and oxygen atoms in total. The van der Waals surface area contributed by atoms with Crippen LogP contribution in [0.5, 0.6) is 11.5 Å². The second kappa shape index (κ2) is 12.2. The molecule has 1 unspecified atom stereocenters. The lowest BCUT2D eigenvalue weighted by molar-refractivity contribution is -0.149. The molecule has 3 aromatic rings. The van der Waals surface area contributed by atoms with Gasteiger partial charge in [-0.3, -0.25) is 24.1 Å². The SMILES string of the molecule is CCOC(=O)C1CCCN(C(=O)c2ccc(CN3C(=O)COc4ccc(C(=O)COc5cccc(F)c5)cc43)o2)C1. The number of carbonyl (C=O) groups is 4. The van der Waals surface area contributed by atoms with Crippen LogP contribution >= 0.6 is 0 Å². The van der Waals surface area contributed by atoms with Crippen molar-refractivity contribution in [3.63, 3.8) is 0 Å². The zero-order valence-electron chi connectivity index (χ0n) is 22.5. The van der Waals surface area contributed by atoms with E-state index < -0.39 is 5.82 Å². The Morgan fingerprint density at radius 1 is 1.10 bits per heavy atom. The predicted octanol–water partition coefficient (Wildman–Crippen LogP) is 4.02. The number of furan rings is 1. The second-order valence-corrected chi connectivity index (χ2v) is 9.73. The molecule has 5 rings (SSSR count). The Balaban J connectivity index is 1.27. The highest BCUT2D eigenvalue weighted by Crippen LogP contribution is 2.34. The van der Waals surface area contributed by atoms with Crippen LogP contribution in [0.3, 0.4) is 0 Å². The molecule has 11 heteroatoms. The summed E-state index contributed by atoms with van der Waals surface area (Å²) in [5.41, 5.74) is 0.649. The minimum absolute atomic E-state index is 0.00532. The lowest BCUT2D eigenvalue weighted by Gasteiger charge is -2.31. The number of ketones is 1. The van der Waals surface area contributed by atoms with Gasteiger partial charge >= 0.3 is 5.97 Å². The van der Waals surface area contributed by atoms with E-state index in [1.54, 1.807) is 42.2 Å². The summed E-state index contributed by atoms with van der Waals surface area (Å²) in [4.78, 5) is 53.9. The summed E-state index contributed by atoms with van der Waals surface area (Å²) in [6.07, 6.45) is 1.34. The maximum Gasteiger partial charge on any atom is 0.310 e. The van der Waals surface area contributed by atoms with Crippen molar-refractivity contribution in [3.05, 3.63) is 77.5 Å². The van der Waals surface area contributed by atoms with Gasteiger partial charge in [0.15, 0.2) is 24.8 Å². The fourth-order valence-electron chi connectivity index (χ4n) is 4.84. The number of carbonyl (C=O) groups excluding carboxylic acids is 4. The minimum atomic E-state index is -0.477. The van der Waals surface area contributed by atoms with Gasteiger partial charge in [-0.15, -0.1) is 0 Å². The molecule has 2 aliphatic rings. The van der Waals surface area contributed by atoms with Crippen molar-refractivity contribution < 1.29 is 42.2 Å². The van der Waals surface area contributed by atoms with Crippen LogP contribution in [0.2, 0.25) is 0 Å². The number of esters is 1. The van der Waals surface area contributed by atoms with Crippen molar-refractivity contribution in [2.24, 2.45) is 5.92 Å². The molecule has 1 aromatic heterocycles. The van der Waals surface area contributed by atoms with E-state index in [1.165, 1.54) is 29.2 Å². The van der Waals surface area contributed by atoms with Crippen LogP contribution in [-0.2, 0) is 20.9 Å². The molecular weight excluding hydrogens is 535 g/mol. The van der Waals surface area contributed by atoms with Gasteiger partial charge in [-0.2, -0.15) is 0 Å². The maximum absolute atomic E-state index is 13.4. The molecule has 0 bridgehead atoms. The van der Waals surface area contributed by atoms with Crippen LogP contribution in [-0.4, -0.2) is 61.4 Å². The predicted molar refractivity (Wildman–Crippen MR) is 143 cm³/mol. The summed E-state index contributed by atoms with van der Waals surface area (Å²) in [6.45, 7) is 2.27. The van der Waals surface area contributed by atoms with Crippen molar-refractivity contribution in [2.45, 2.75) is 26.3 Å². The van der Waals surface area contributed by atoms with Crippen LogP contribution in [0.15, 0.2) is 59.0 Å². The molecule has 1 saturated heterocycles. The molecule has 2 aromatic carbocycles. The van der Waals surface area contributed by atoms with E-state index in [0.717, 1.165) is 0 Å². The minimum Gasteiger partial charge on any atom is -0.485 e. The van der Waals surface area contributed by atoms with Gasteiger partial charge in [0.05, 0.1) is 24.8 Å². The first-order chi connectivity index (χ1) is 19.8. The standard InChI is InChI=1S/C30H29FN2O8/c1-2-38-30(37)20-5-4-12-32(15-20)29(36)27-11-9-23(41-27)16-33-24-13-19(8-10-26(24)40-18-28(33)35)25(34)17-39-22-7-3-6-21(31)14-22/h3,6-11,13-14,20H,2,4-5,12,15-18H2,1H3. The van der Waals surface area contributed by atoms with Gasteiger partial charge in [0.25, 0.3) is 11.8 Å². The fourth-order valence-corrected chi connectivity index (χ4v) is 4.84. The van der Waals surface area contributed by atoms with Crippen LogP contribution in [0.25, 0.3) is 0 Å². The normalized spacial score (nSPS) is 16.5. The summed E-state index contributed by atoms with van der Waals surface area (Å²) in [7, 11) is 0. The summed E-state index contributed by atoms with van der Waals surface area (Å²) < 4.78 is 35.3. The van der Waals surface area contributed by atoms with E-state index >= 15 is 0 Å². The first-order valence-electron chi connectivity index (χ1n) is 13.4. The van der Waals surface area contributed by atoms with Gasteiger partial charge in [0.2, 0.25) is 0 Å². The number of hydrogen-bond donors (Lipinski definition) is 0. The Bertz CT molecular complexity index is 1470. The fraction of sp³-hybridized carbons (Fsp3) is 0.333. The Labute approximate surface area is 235 Å². The van der Waals surface area contributed by atoms with E-state index in [4.69, 9.17) is 18.6 Å². The highest BCUT2D eigenvalue weighted by molar-refractivity contribution is 6.02. The third-order valence-electron chi connectivity index (χ3n) is 6.90. The first-order valence-corrected chi connectivity index (χ1v) is 13.4. The van der Waals surface area contributed by atoms with E-state index in [0.29, 0.717) is 36.6 Å². The molecular formula is C30H29FN2O8. The van der Waals surface area contributed by atoms with E-state index in [9.17, 15) is 23.6 Å². The Hall–Kier alpha value is -4.67. The van der Waals surface area contributed by atoms with Crippen LogP contribution in [0, 0.1) is 11.7 Å². The Kier molecular flexibility index (Phi) is 8.32. The number of ether oxygens (including phenoxy) is 3. The number of benzene rings is 2. The zero-order chi connectivity index (χ0) is 28.9. The van der Waals surface area contributed by atoms with Gasteiger partial charge in [-0.05, 0) is 62.2 Å². The average molecular weight is 565 g/mol. The molecule has 0 aliphatic carbocycles. The number of rotatable bonds is 9. The molecule has 2 amide bonds. The zero-order valence-corrected chi connectivity index (χ0v) is 22.5. The van der Waals surface area contributed by atoms with Gasteiger partial charge in [0.1, 0.15) is 23.1 Å². The highest BCUT2D eigenvalue weighted by Gasteiger charge is 2.32. The molecule has 0 spiro atoms. The van der Waals surface area contributed by atoms with E-state index in [1.807, 2.05) is 0 Å². The highest BCUT2D eigenvalue weighted by atomic mass is 19.1. The Morgan fingerprint density at radius 2 is 1.95 bits per heavy atom. The Morgan fingerprint density at radius 3 is 2.76 bits per heavy atom. The number of nitrogens with zero attached hydrogens (tertiary/aromatic N) is 2. The summed E-state index contributed by atoms with van der Waals surface area (Å²) >= 11 is 0. The smallest absolute Gasteiger partial charge is 0.310 e. The van der Waals surface area contributed by atoms with Crippen molar-refractivity contribution in [3.8, 4) is 11.5 Å². The molecule has 41 heavy (non-hydrogen) atoms. The molecule has 0 N–H and O–H groups in total. The number of amides is 2. The summed E-state index contributed by atoms with van der Waals surface area (Å²) in [6, 6.07) is 13.3. The van der Waals surface area contributed by atoms with Gasteiger partial charge in [0, 0.05) is 24.7 Å². The number of piperidine rings is 1. The third kappa shape index (κ3) is 6.40. The number of likely N-dealkylation sites (tertiary alicyclic amines) is 1. The maximum atomic E-state index is 13.4. The molecule has 1 fully saturated rings. The molecule has 2 aliphatic heterocycles. The van der Waals surface area contributed by atoms with E-state index in [-0.39, 0.29) is 79.5 Å². The summed E-state index contributed by atoms with van der Waals surface area (Å²) in [5.74, 6) is -1.13. The number of Topliss-reactive ketones (excluding diaryl/α,β-unsaturated/α-hetero) is 1. The molecule has 0 saturated carbocycles. The van der Waals surface area contributed by atoms with Crippen LogP contribution in [0.4, 0.5) is 10.1 Å². The average Bonchev–Trinajstić information content (AvgIpc) is 3.45. The third-order valence-corrected chi connectivity index (χ3v) is 6.90. The molecule has 1 atom stereocenters. The molecule has 3 heterocycles. The van der Waals surface area contributed by atoms with Gasteiger partial charge < -0.3 is 23.5 Å².